The average molecular weight is 389 g/mol. The van der Waals surface area contributed by atoms with Crippen molar-refractivity contribution in [2.45, 2.75) is 13.0 Å². The number of amides is 1. The van der Waals surface area contributed by atoms with Gasteiger partial charge in [-0.25, -0.2) is 0 Å². The molecule has 5 nitrogen and oxygen atoms in total. The lowest BCUT2D eigenvalue weighted by atomic mass is 9.98. The first-order valence-corrected chi connectivity index (χ1v) is 9.54. The van der Waals surface area contributed by atoms with Crippen molar-refractivity contribution in [1.82, 2.24) is 4.90 Å². The van der Waals surface area contributed by atoms with Crippen LogP contribution in [0.2, 0.25) is 0 Å². The molecular formula is C24H23NO4. The number of methoxy groups -OCH3 is 2. The van der Waals surface area contributed by atoms with E-state index in [1.807, 2.05) is 71.6 Å². The Morgan fingerprint density at radius 1 is 0.828 bits per heavy atom. The number of hydrogen-bond acceptors (Lipinski definition) is 4. The predicted molar refractivity (Wildman–Crippen MR) is 111 cm³/mol. The standard InChI is InChI=1S/C24H23NO4/c1-27-22-14-17-12-13-25(16-18(17)15-23(22)28-2)24(26)20-10-6-7-11-21(20)29-19-8-4-3-5-9-19/h3-11,14-15H,12-13,16H2,1-2H3. The molecule has 0 N–H and O–H groups in total. The van der Waals surface area contributed by atoms with Crippen LogP contribution >= 0.6 is 0 Å². The van der Waals surface area contributed by atoms with E-state index in [0.717, 1.165) is 12.0 Å². The van der Waals surface area contributed by atoms with Crippen LogP contribution in [0.1, 0.15) is 21.5 Å². The SMILES string of the molecule is COc1cc2c(cc1OC)CN(C(=O)c1ccccc1Oc1ccccc1)CC2. The third-order valence-corrected chi connectivity index (χ3v) is 5.09. The molecule has 1 amide bonds. The lowest BCUT2D eigenvalue weighted by Gasteiger charge is -2.30. The number of carbonyl (C=O) groups excluding carboxylic acids is 1. The zero-order valence-corrected chi connectivity index (χ0v) is 16.6. The first kappa shape index (κ1) is 18.9. The lowest BCUT2D eigenvalue weighted by Crippen LogP contribution is -2.36. The van der Waals surface area contributed by atoms with Crippen molar-refractivity contribution in [3.8, 4) is 23.0 Å². The van der Waals surface area contributed by atoms with Crippen LogP contribution in [-0.2, 0) is 13.0 Å². The van der Waals surface area contributed by atoms with Gasteiger partial charge in [0.1, 0.15) is 11.5 Å². The quantitative estimate of drug-likeness (QED) is 0.635. The second-order valence-electron chi connectivity index (χ2n) is 6.86. The molecule has 0 spiro atoms. The summed E-state index contributed by atoms with van der Waals surface area (Å²) in [6, 6.07) is 20.8. The zero-order valence-electron chi connectivity index (χ0n) is 16.6. The molecule has 1 aliphatic heterocycles. The molecule has 1 aliphatic rings. The topological polar surface area (TPSA) is 48.0 Å². The van der Waals surface area contributed by atoms with Gasteiger partial charge in [0, 0.05) is 13.1 Å². The van der Waals surface area contributed by atoms with Crippen molar-refractivity contribution >= 4 is 5.91 Å². The number of benzene rings is 3. The van der Waals surface area contributed by atoms with Gasteiger partial charge in [0.2, 0.25) is 0 Å². The molecule has 0 bridgehead atoms. The maximum Gasteiger partial charge on any atom is 0.257 e. The van der Waals surface area contributed by atoms with Crippen molar-refractivity contribution in [2.75, 3.05) is 20.8 Å². The van der Waals surface area contributed by atoms with Gasteiger partial charge in [0.05, 0.1) is 19.8 Å². The summed E-state index contributed by atoms with van der Waals surface area (Å²) >= 11 is 0. The van der Waals surface area contributed by atoms with Gasteiger partial charge in [0.15, 0.2) is 11.5 Å². The van der Waals surface area contributed by atoms with Gasteiger partial charge in [-0.3, -0.25) is 4.79 Å². The van der Waals surface area contributed by atoms with Crippen molar-refractivity contribution in [3.63, 3.8) is 0 Å². The van der Waals surface area contributed by atoms with E-state index in [4.69, 9.17) is 14.2 Å². The third-order valence-electron chi connectivity index (χ3n) is 5.09. The minimum atomic E-state index is -0.0445. The molecule has 29 heavy (non-hydrogen) atoms. The van der Waals surface area contributed by atoms with Crippen LogP contribution in [-0.4, -0.2) is 31.6 Å². The minimum absolute atomic E-state index is 0.0445. The summed E-state index contributed by atoms with van der Waals surface area (Å²) in [5, 5.41) is 0. The number of fused-ring (bicyclic) bond motifs is 1. The Morgan fingerprint density at radius 2 is 1.48 bits per heavy atom. The predicted octanol–water partition coefficient (Wildman–Crippen LogP) is 4.69. The van der Waals surface area contributed by atoms with Gasteiger partial charge in [-0.05, 0) is 53.9 Å². The highest BCUT2D eigenvalue weighted by atomic mass is 16.5. The van der Waals surface area contributed by atoms with Crippen LogP contribution < -0.4 is 14.2 Å². The zero-order chi connectivity index (χ0) is 20.2. The average Bonchev–Trinajstić information content (AvgIpc) is 2.78. The fraction of sp³-hybridized carbons (Fsp3) is 0.208. The Labute approximate surface area is 170 Å². The molecule has 3 aromatic rings. The van der Waals surface area contributed by atoms with E-state index in [9.17, 15) is 4.79 Å². The summed E-state index contributed by atoms with van der Waals surface area (Å²) in [6.45, 7) is 1.16. The summed E-state index contributed by atoms with van der Waals surface area (Å²) in [5.41, 5.74) is 2.81. The van der Waals surface area contributed by atoms with E-state index >= 15 is 0 Å². The number of rotatable bonds is 5. The maximum absolute atomic E-state index is 13.3. The Hall–Kier alpha value is -3.47. The number of para-hydroxylation sites is 2. The third kappa shape index (κ3) is 3.90. The number of nitrogens with zero attached hydrogens (tertiary/aromatic N) is 1. The molecule has 0 aromatic heterocycles. The van der Waals surface area contributed by atoms with Crippen LogP contribution in [0.4, 0.5) is 0 Å². The van der Waals surface area contributed by atoms with Gasteiger partial charge < -0.3 is 19.1 Å². The highest BCUT2D eigenvalue weighted by Gasteiger charge is 2.25. The number of ether oxygens (including phenoxy) is 3. The second-order valence-corrected chi connectivity index (χ2v) is 6.86. The molecular weight excluding hydrogens is 366 g/mol. The van der Waals surface area contributed by atoms with E-state index in [2.05, 4.69) is 0 Å². The Balaban J connectivity index is 1.59. The number of hydrogen-bond donors (Lipinski definition) is 0. The molecule has 0 saturated heterocycles. The van der Waals surface area contributed by atoms with Crippen molar-refractivity contribution in [1.29, 1.82) is 0 Å². The second kappa shape index (κ2) is 8.27. The molecule has 4 rings (SSSR count). The molecule has 148 valence electrons. The van der Waals surface area contributed by atoms with E-state index in [-0.39, 0.29) is 5.91 Å². The first-order chi connectivity index (χ1) is 14.2. The fourth-order valence-corrected chi connectivity index (χ4v) is 3.57. The highest BCUT2D eigenvalue weighted by molar-refractivity contribution is 5.97. The Kier molecular flexibility index (Phi) is 5.38. The van der Waals surface area contributed by atoms with Gasteiger partial charge in [-0.1, -0.05) is 30.3 Å². The Bertz CT molecular complexity index is 1020. The smallest absolute Gasteiger partial charge is 0.257 e. The molecule has 3 aromatic carbocycles. The molecule has 0 aliphatic carbocycles. The Morgan fingerprint density at radius 3 is 2.21 bits per heavy atom. The molecule has 0 unspecified atom stereocenters. The summed E-state index contributed by atoms with van der Waals surface area (Å²) in [4.78, 5) is 15.1. The molecule has 0 atom stereocenters. The van der Waals surface area contributed by atoms with E-state index < -0.39 is 0 Å². The maximum atomic E-state index is 13.3. The van der Waals surface area contributed by atoms with Crippen molar-refractivity contribution < 1.29 is 19.0 Å². The van der Waals surface area contributed by atoms with Gasteiger partial charge >= 0.3 is 0 Å². The largest absolute Gasteiger partial charge is 0.493 e. The summed E-state index contributed by atoms with van der Waals surface area (Å²) < 4.78 is 16.8. The lowest BCUT2D eigenvalue weighted by molar-refractivity contribution is 0.0732. The van der Waals surface area contributed by atoms with Crippen LogP contribution in [0.25, 0.3) is 0 Å². The van der Waals surface area contributed by atoms with Crippen molar-refractivity contribution in [2.24, 2.45) is 0 Å². The van der Waals surface area contributed by atoms with Gasteiger partial charge in [0.25, 0.3) is 5.91 Å². The summed E-state index contributed by atoms with van der Waals surface area (Å²) in [6.07, 6.45) is 0.767. The summed E-state index contributed by atoms with van der Waals surface area (Å²) in [5.74, 6) is 2.60. The van der Waals surface area contributed by atoms with Gasteiger partial charge in [-0.15, -0.1) is 0 Å². The first-order valence-electron chi connectivity index (χ1n) is 9.54. The van der Waals surface area contributed by atoms with E-state index in [0.29, 0.717) is 41.7 Å². The van der Waals surface area contributed by atoms with E-state index in [1.165, 1.54) is 5.56 Å². The highest BCUT2D eigenvalue weighted by Crippen LogP contribution is 2.34. The van der Waals surface area contributed by atoms with E-state index in [1.54, 1.807) is 14.2 Å². The molecule has 0 radical (unpaired) electrons. The van der Waals surface area contributed by atoms with Crippen LogP contribution in [0, 0.1) is 0 Å². The van der Waals surface area contributed by atoms with Gasteiger partial charge in [-0.2, -0.15) is 0 Å². The normalized spacial score (nSPS) is 12.8. The fourth-order valence-electron chi connectivity index (χ4n) is 3.57. The molecule has 5 heteroatoms. The van der Waals surface area contributed by atoms with Crippen LogP contribution in [0.5, 0.6) is 23.0 Å². The molecule has 1 heterocycles. The minimum Gasteiger partial charge on any atom is -0.493 e. The molecule has 0 saturated carbocycles. The molecule has 0 fully saturated rings. The van der Waals surface area contributed by atoms with Crippen LogP contribution in [0.15, 0.2) is 66.7 Å². The summed E-state index contributed by atoms with van der Waals surface area (Å²) in [7, 11) is 3.25. The van der Waals surface area contributed by atoms with Crippen LogP contribution in [0.3, 0.4) is 0 Å². The van der Waals surface area contributed by atoms with Crippen molar-refractivity contribution in [3.05, 3.63) is 83.4 Å². The monoisotopic (exact) mass is 389 g/mol. The number of carbonyl (C=O) groups is 1.